The Kier molecular flexibility index (Phi) is 4.15. The molecule has 1 aliphatic rings. The van der Waals surface area contributed by atoms with E-state index >= 15 is 0 Å². The van der Waals surface area contributed by atoms with Crippen molar-refractivity contribution in [1.82, 2.24) is 15.0 Å². The van der Waals surface area contributed by atoms with Gasteiger partial charge in [0.15, 0.2) is 0 Å². The first-order chi connectivity index (χ1) is 10.2. The molecule has 0 unspecified atom stereocenters. The fourth-order valence-corrected chi connectivity index (χ4v) is 2.39. The Bertz CT molecular complexity index is 634. The molecule has 0 spiro atoms. The summed E-state index contributed by atoms with van der Waals surface area (Å²) in [4.78, 5) is 14.4. The summed E-state index contributed by atoms with van der Waals surface area (Å²) in [5, 5.41) is 0.0666. The van der Waals surface area contributed by atoms with Crippen LogP contribution in [0.15, 0.2) is 24.3 Å². The molecule has 0 atom stereocenters. The zero-order valence-corrected chi connectivity index (χ0v) is 12.1. The van der Waals surface area contributed by atoms with Crippen molar-refractivity contribution in [3.63, 3.8) is 0 Å². The molecule has 0 N–H and O–H groups in total. The van der Waals surface area contributed by atoms with Crippen molar-refractivity contribution in [2.75, 3.05) is 18.0 Å². The quantitative estimate of drug-likeness (QED) is 0.869. The number of ether oxygens (including phenoxy) is 1. The third-order valence-electron chi connectivity index (χ3n) is 3.22. The third kappa shape index (κ3) is 3.58. The van der Waals surface area contributed by atoms with Gasteiger partial charge in [0.1, 0.15) is 11.6 Å². The number of piperidine rings is 1. The molecule has 2 aromatic rings. The van der Waals surface area contributed by atoms with Crippen LogP contribution < -0.4 is 9.64 Å². The number of halogens is 2. The second kappa shape index (κ2) is 6.22. The summed E-state index contributed by atoms with van der Waals surface area (Å²) in [5.41, 5.74) is 0. The van der Waals surface area contributed by atoms with Gasteiger partial charge >= 0.3 is 6.01 Å². The van der Waals surface area contributed by atoms with E-state index in [0.29, 0.717) is 11.7 Å². The molecule has 1 aromatic heterocycles. The number of anilines is 1. The van der Waals surface area contributed by atoms with Gasteiger partial charge in [0, 0.05) is 19.2 Å². The summed E-state index contributed by atoms with van der Waals surface area (Å²) >= 11 is 5.92. The number of rotatable bonds is 3. The molecule has 1 saturated heterocycles. The fraction of sp³-hybridized carbons (Fsp3) is 0.357. The van der Waals surface area contributed by atoms with Crippen LogP contribution in [0.4, 0.5) is 10.3 Å². The summed E-state index contributed by atoms with van der Waals surface area (Å²) in [6.45, 7) is 1.78. The third-order valence-corrected chi connectivity index (χ3v) is 3.39. The highest BCUT2D eigenvalue weighted by Crippen LogP contribution is 2.23. The van der Waals surface area contributed by atoms with Crippen molar-refractivity contribution in [2.45, 2.75) is 19.3 Å². The van der Waals surface area contributed by atoms with E-state index in [1.807, 2.05) is 0 Å². The predicted molar refractivity (Wildman–Crippen MR) is 77.4 cm³/mol. The number of hydrogen-bond donors (Lipinski definition) is 0. The molecule has 110 valence electrons. The average Bonchev–Trinajstić information content (AvgIpc) is 2.47. The maximum absolute atomic E-state index is 13.2. The van der Waals surface area contributed by atoms with Crippen LogP contribution in [0.3, 0.4) is 0 Å². The van der Waals surface area contributed by atoms with Gasteiger partial charge in [-0.25, -0.2) is 4.39 Å². The zero-order valence-electron chi connectivity index (χ0n) is 11.3. The number of hydrogen-bond acceptors (Lipinski definition) is 5. The topological polar surface area (TPSA) is 51.1 Å². The second-order valence-electron chi connectivity index (χ2n) is 4.79. The van der Waals surface area contributed by atoms with E-state index in [-0.39, 0.29) is 17.1 Å². The monoisotopic (exact) mass is 308 g/mol. The summed E-state index contributed by atoms with van der Waals surface area (Å²) in [6.07, 6.45) is 3.41. The van der Waals surface area contributed by atoms with Crippen LogP contribution in [0.2, 0.25) is 5.28 Å². The van der Waals surface area contributed by atoms with Gasteiger partial charge in [-0.05, 0) is 43.0 Å². The van der Waals surface area contributed by atoms with Gasteiger partial charge in [-0.1, -0.05) is 6.07 Å². The lowest BCUT2D eigenvalue weighted by molar-refractivity contribution is 0.434. The zero-order chi connectivity index (χ0) is 14.7. The van der Waals surface area contributed by atoms with Crippen molar-refractivity contribution in [2.24, 2.45) is 0 Å². The van der Waals surface area contributed by atoms with Crippen molar-refractivity contribution < 1.29 is 9.13 Å². The molecule has 0 bridgehead atoms. The largest absolute Gasteiger partial charge is 0.424 e. The molecule has 5 nitrogen and oxygen atoms in total. The Morgan fingerprint density at radius 2 is 1.90 bits per heavy atom. The predicted octanol–water partition coefficient (Wildman–Crippen LogP) is 3.45. The van der Waals surface area contributed by atoms with E-state index in [1.54, 1.807) is 12.1 Å². The molecule has 3 rings (SSSR count). The normalized spacial score (nSPS) is 15.0. The van der Waals surface area contributed by atoms with E-state index < -0.39 is 0 Å². The molecule has 1 fully saturated rings. The first kappa shape index (κ1) is 14.0. The van der Waals surface area contributed by atoms with Gasteiger partial charge < -0.3 is 9.64 Å². The SMILES string of the molecule is Fc1cccc(Oc2nc(Cl)nc(N3CCCCC3)n2)c1. The van der Waals surface area contributed by atoms with Gasteiger partial charge in [0.05, 0.1) is 0 Å². The highest BCUT2D eigenvalue weighted by atomic mass is 35.5. The molecular formula is C14H14ClFN4O. The van der Waals surface area contributed by atoms with Crippen LogP contribution in [0, 0.1) is 5.82 Å². The van der Waals surface area contributed by atoms with E-state index in [4.69, 9.17) is 16.3 Å². The Labute approximate surface area is 126 Å². The summed E-state index contributed by atoms with van der Waals surface area (Å²) in [7, 11) is 0. The van der Waals surface area contributed by atoms with E-state index in [0.717, 1.165) is 25.9 Å². The highest BCUT2D eigenvalue weighted by Gasteiger charge is 2.16. The van der Waals surface area contributed by atoms with E-state index in [2.05, 4.69) is 19.9 Å². The van der Waals surface area contributed by atoms with Gasteiger partial charge in [-0.2, -0.15) is 15.0 Å². The van der Waals surface area contributed by atoms with E-state index in [9.17, 15) is 4.39 Å². The van der Waals surface area contributed by atoms with Crippen molar-refractivity contribution >= 4 is 17.5 Å². The standard InChI is InChI=1S/C14H14ClFN4O/c15-12-17-13(20-7-2-1-3-8-20)19-14(18-12)21-11-6-4-5-10(16)9-11/h4-6,9H,1-3,7-8H2. The minimum absolute atomic E-state index is 0.0666. The van der Waals surface area contributed by atoms with Crippen molar-refractivity contribution in [3.05, 3.63) is 35.4 Å². The molecule has 2 heterocycles. The van der Waals surface area contributed by atoms with Crippen LogP contribution in [0.1, 0.15) is 19.3 Å². The minimum Gasteiger partial charge on any atom is -0.424 e. The Hall–Kier alpha value is -1.95. The molecular weight excluding hydrogens is 295 g/mol. The van der Waals surface area contributed by atoms with Crippen molar-refractivity contribution in [3.8, 4) is 11.8 Å². The Balaban J connectivity index is 1.83. The molecule has 1 aliphatic heterocycles. The molecule has 1 aromatic carbocycles. The lowest BCUT2D eigenvalue weighted by Crippen LogP contribution is -2.31. The Morgan fingerprint density at radius 3 is 2.67 bits per heavy atom. The smallest absolute Gasteiger partial charge is 0.328 e. The van der Waals surface area contributed by atoms with E-state index in [1.165, 1.54) is 18.6 Å². The summed E-state index contributed by atoms with van der Waals surface area (Å²) in [6, 6.07) is 5.85. The Morgan fingerprint density at radius 1 is 1.10 bits per heavy atom. The minimum atomic E-state index is -0.385. The molecule has 0 aliphatic carbocycles. The number of aromatic nitrogens is 3. The highest BCUT2D eigenvalue weighted by molar-refractivity contribution is 6.28. The molecule has 7 heteroatoms. The number of nitrogens with zero attached hydrogens (tertiary/aromatic N) is 4. The molecule has 0 saturated carbocycles. The van der Waals surface area contributed by atoms with Crippen LogP contribution in [-0.4, -0.2) is 28.0 Å². The molecule has 21 heavy (non-hydrogen) atoms. The lowest BCUT2D eigenvalue weighted by Gasteiger charge is -2.26. The summed E-state index contributed by atoms with van der Waals surface area (Å²) < 4.78 is 18.6. The number of benzene rings is 1. The fourth-order valence-electron chi connectivity index (χ4n) is 2.24. The lowest BCUT2D eigenvalue weighted by atomic mass is 10.1. The average molecular weight is 309 g/mol. The first-order valence-electron chi connectivity index (χ1n) is 6.81. The molecule has 0 radical (unpaired) electrons. The van der Waals surface area contributed by atoms with Crippen molar-refractivity contribution in [1.29, 1.82) is 0 Å². The second-order valence-corrected chi connectivity index (χ2v) is 5.13. The first-order valence-corrected chi connectivity index (χ1v) is 7.18. The van der Waals surface area contributed by atoms with Gasteiger partial charge in [0.25, 0.3) is 0 Å². The van der Waals surface area contributed by atoms with Crippen LogP contribution in [-0.2, 0) is 0 Å². The maximum atomic E-state index is 13.2. The van der Waals surface area contributed by atoms with Gasteiger partial charge in [-0.15, -0.1) is 0 Å². The van der Waals surface area contributed by atoms with Gasteiger partial charge in [-0.3, -0.25) is 0 Å². The van der Waals surface area contributed by atoms with Crippen LogP contribution in [0.5, 0.6) is 11.8 Å². The summed E-state index contributed by atoms with van der Waals surface area (Å²) in [5.74, 6) is 0.437. The van der Waals surface area contributed by atoms with Crippen LogP contribution in [0.25, 0.3) is 0 Å². The van der Waals surface area contributed by atoms with Gasteiger partial charge in [0.2, 0.25) is 11.2 Å². The maximum Gasteiger partial charge on any atom is 0.328 e. The van der Waals surface area contributed by atoms with Crippen LogP contribution >= 0.6 is 11.6 Å². The molecule has 0 amide bonds.